The van der Waals surface area contributed by atoms with Crippen molar-refractivity contribution in [3.8, 4) is 0 Å². The normalized spacial score (nSPS) is 41.0. The number of hydrogen-bond acceptors (Lipinski definition) is 5. The van der Waals surface area contributed by atoms with Gasteiger partial charge in [0.15, 0.2) is 0 Å². The van der Waals surface area contributed by atoms with Crippen molar-refractivity contribution in [2.45, 2.75) is 119 Å². The highest BCUT2D eigenvalue weighted by atomic mass is 16.5. The van der Waals surface area contributed by atoms with Crippen molar-refractivity contribution in [2.75, 3.05) is 7.11 Å². The van der Waals surface area contributed by atoms with Crippen molar-refractivity contribution in [3.05, 3.63) is 11.6 Å². The van der Waals surface area contributed by atoms with Gasteiger partial charge in [-0.15, -0.1) is 0 Å². The van der Waals surface area contributed by atoms with Crippen molar-refractivity contribution in [3.63, 3.8) is 0 Å². The predicted octanol–water partition coefficient (Wildman–Crippen LogP) is 7.32. The molecule has 3 saturated carbocycles. The lowest BCUT2D eigenvalue weighted by Gasteiger charge is -2.64. The maximum absolute atomic E-state index is 12.9. The third-order valence-corrected chi connectivity index (χ3v) is 12.5. The Morgan fingerprint density at radius 1 is 0.974 bits per heavy atom. The van der Waals surface area contributed by atoms with E-state index in [4.69, 9.17) is 9.47 Å². The second kappa shape index (κ2) is 10.1. The van der Waals surface area contributed by atoms with Crippen LogP contribution in [-0.4, -0.2) is 30.9 Å². The number of hydrogen-bond donors (Lipinski definition) is 0. The van der Waals surface area contributed by atoms with Crippen LogP contribution in [0.5, 0.6) is 0 Å². The number of esters is 2. The number of fused-ring (bicyclic) bond motifs is 5. The Kier molecular flexibility index (Phi) is 7.78. The first-order chi connectivity index (χ1) is 17.6. The van der Waals surface area contributed by atoms with Crippen LogP contribution >= 0.6 is 0 Å². The molecule has 0 aromatic heterocycles. The van der Waals surface area contributed by atoms with Gasteiger partial charge in [0.2, 0.25) is 0 Å². The fourth-order valence-electron chi connectivity index (χ4n) is 10.3. The number of ether oxygens (including phenoxy) is 2. The molecule has 0 spiro atoms. The first-order valence-electron chi connectivity index (χ1n) is 15.1. The lowest BCUT2D eigenvalue weighted by atomic mass is 9.41. The maximum Gasteiger partial charge on any atom is 0.308 e. The van der Waals surface area contributed by atoms with Gasteiger partial charge in [-0.1, -0.05) is 60.1 Å². The topological polar surface area (TPSA) is 69.7 Å². The molecule has 0 heterocycles. The van der Waals surface area contributed by atoms with Crippen LogP contribution in [0.4, 0.5) is 0 Å². The van der Waals surface area contributed by atoms with Gasteiger partial charge in [0.05, 0.1) is 13.0 Å². The quantitative estimate of drug-likeness (QED) is 0.256. The lowest BCUT2D eigenvalue weighted by molar-refractivity contribution is -0.174. The number of carbonyl (C=O) groups is 3. The van der Waals surface area contributed by atoms with Gasteiger partial charge in [0, 0.05) is 25.2 Å². The van der Waals surface area contributed by atoms with Gasteiger partial charge < -0.3 is 9.47 Å². The van der Waals surface area contributed by atoms with Crippen LogP contribution in [0, 0.1) is 51.2 Å². The Morgan fingerprint density at radius 3 is 2.29 bits per heavy atom. The molecule has 9 atom stereocenters. The standard InChI is InChI=1S/C33H52O5/c1-20(18-23(35)19-21(2)29(36)37-9)24-12-16-33(8)26-10-11-27-30(4,5)28(38-22(3)34)14-15-31(27,6)25(26)13-17-32(24,33)7/h10,20-21,24-25,27-28H,11-19H2,1-9H3/t20-,21-,24-,25+,27+,28-,31-,32-,33+/m1/s1. The molecule has 214 valence electrons. The van der Waals surface area contributed by atoms with Crippen molar-refractivity contribution in [1.82, 2.24) is 0 Å². The van der Waals surface area contributed by atoms with Crippen LogP contribution in [0.2, 0.25) is 0 Å². The molecule has 0 amide bonds. The maximum atomic E-state index is 12.9. The Balaban J connectivity index is 1.55. The minimum atomic E-state index is -0.374. The highest BCUT2D eigenvalue weighted by Crippen LogP contribution is 2.73. The number of carbonyl (C=O) groups excluding carboxylic acids is 3. The molecule has 0 radical (unpaired) electrons. The molecule has 0 aliphatic heterocycles. The predicted molar refractivity (Wildman–Crippen MR) is 149 cm³/mol. The van der Waals surface area contributed by atoms with Gasteiger partial charge in [-0.3, -0.25) is 14.4 Å². The summed E-state index contributed by atoms with van der Waals surface area (Å²) in [6, 6.07) is 0. The zero-order chi connectivity index (χ0) is 28.3. The Morgan fingerprint density at radius 2 is 1.66 bits per heavy atom. The molecule has 38 heavy (non-hydrogen) atoms. The van der Waals surface area contributed by atoms with E-state index in [1.807, 2.05) is 0 Å². The third-order valence-electron chi connectivity index (χ3n) is 12.5. The molecular weight excluding hydrogens is 476 g/mol. The molecule has 4 aliphatic rings. The minimum Gasteiger partial charge on any atom is -0.469 e. The summed E-state index contributed by atoms with van der Waals surface area (Å²) in [5.74, 6) is 1.24. The van der Waals surface area contributed by atoms with Crippen molar-refractivity contribution in [1.29, 1.82) is 0 Å². The number of allylic oxidation sites excluding steroid dienone is 2. The summed E-state index contributed by atoms with van der Waals surface area (Å²) >= 11 is 0. The lowest BCUT2D eigenvalue weighted by Crippen LogP contribution is -2.58. The number of ketones is 1. The molecule has 3 fully saturated rings. The largest absolute Gasteiger partial charge is 0.469 e. The molecule has 4 rings (SSSR count). The Labute approximate surface area is 230 Å². The van der Waals surface area contributed by atoms with E-state index in [-0.39, 0.29) is 57.8 Å². The average molecular weight is 529 g/mol. The summed E-state index contributed by atoms with van der Waals surface area (Å²) in [4.78, 5) is 36.6. The van der Waals surface area contributed by atoms with Crippen LogP contribution in [0.15, 0.2) is 11.6 Å². The number of Topliss-reactive ketones (excluding diaryl/α,β-unsaturated/α-hetero) is 1. The first kappa shape index (κ1) is 29.3. The van der Waals surface area contributed by atoms with Gasteiger partial charge in [-0.25, -0.2) is 0 Å². The van der Waals surface area contributed by atoms with E-state index in [0.29, 0.717) is 30.1 Å². The van der Waals surface area contributed by atoms with E-state index in [2.05, 4.69) is 47.6 Å². The fraction of sp³-hybridized carbons (Fsp3) is 0.848. The smallest absolute Gasteiger partial charge is 0.308 e. The van der Waals surface area contributed by atoms with Gasteiger partial charge in [-0.2, -0.15) is 0 Å². The second-order valence-electron chi connectivity index (χ2n) is 14.7. The van der Waals surface area contributed by atoms with E-state index in [1.165, 1.54) is 33.3 Å². The Hall–Kier alpha value is -1.65. The molecule has 0 unspecified atom stereocenters. The summed E-state index contributed by atoms with van der Waals surface area (Å²) in [5.41, 5.74) is 2.19. The monoisotopic (exact) mass is 528 g/mol. The average Bonchev–Trinajstić information content (AvgIpc) is 3.11. The third kappa shape index (κ3) is 4.48. The molecule has 0 bridgehead atoms. The summed E-state index contributed by atoms with van der Waals surface area (Å²) in [5, 5.41) is 0. The van der Waals surface area contributed by atoms with Crippen LogP contribution in [0.25, 0.3) is 0 Å². The highest BCUT2D eigenvalue weighted by molar-refractivity contribution is 5.84. The molecule has 5 nitrogen and oxygen atoms in total. The minimum absolute atomic E-state index is 0.00591. The number of methoxy groups -OCH3 is 1. The Bertz CT molecular complexity index is 995. The van der Waals surface area contributed by atoms with Crippen LogP contribution < -0.4 is 0 Å². The molecule has 0 aromatic rings. The summed E-state index contributed by atoms with van der Waals surface area (Å²) in [7, 11) is 1.39. The molecule has 5 heteroatoms. The zero-order valence-corrected chi connectivity index (χ0v) is 25.4. The summed E-state index contributed by atoms with van der Waals surface area (Å²) in [6.07, 6.45) is 11.3. The molecule has 4 aliphatic carbocycles. The van der Waals surface area contributed by atoms with E-state index < -0.39 is 0 Å². The van der Waals surface area contributed by atoms with Crippen molar-refractivity contribution < 1.29 is 23.9 Å². The molecule has 0 N–H and O–H groups in total. The van der Waals surface area contributed by atoms with Gasteiger partial charge in [0.1, 0.15) is 11.9 Å². The molecule has 0 saturated heterocycles. The summed E-state index contributed by atoms with van der Waals surface area (Å²) < 4.78 is 10.7. The van der Waals surface area contributed by atoms with Gasteiger partial charge in [-0.05, 0) is 84.9 Å². The highest BCUT2D eigenvalue weighted by Gasteiger charge is 2.65. The van der Waals surface area contributed by atoms with E-state index in [0.717, 1.165) is 25.7 Å². The fourth-order valence-corrected chi connectivity index (χ4v) is 10.3. The van der Waals surface area contributed by atoms with Crippen LogP contribution in [0.1, 0.15) is 113 Å². The van der Waals surface area contributed by atoms with Crippen molar-refractivity contribution in [2.24, 2.45) is 51.2 Å². The SMILES string of the molecule is COC(=O)[C@H](C)CC(=O)C[C@@H](C)[C@H]1CC[C@@]2(C)C3=CC[C@H]4C(C)(C)[C@H](OC(C)=O)CC[C@]4(C)[C@H]3CC[C@]12C. The van der Waals surface area contributed by atoms with Gasteiger partial charge >= 0.3 is 11.9 Å². The first-order valence-corrected chi connectivity index (χ1v) is 15.1. The van der Waals surface area contributed by atoms with E-state index in [9.17, 15) is 14.4 Å². The molecule has 0 aromatic carbocycles. The van der Waals surface area contributed by atoms with Crippen LogP contribution in [-0.2, 0) is 23.9 Å². The van der Waals surface area contributed by atoms with Gasteiger partial charge in [0.25, 0.3) is 0 Å². The van der Waals surface area contributed by atoms with Crippen molar-refractivity contribution >= 4 is 17.7 Å². The second-order valence-corrected chi connectivity index (χ2v) is 14.7. The number of rotatable bonds is 7. The van der Waals surface area contributed by atoms with E-state index in [1.54, 1.807) is 12.5 Å². The summed E-state index contributed by atoms with van der Waals surface area (Å²) in [6.45, 7) is 17.8. The van der Waals surface area contributed by atoms with Crippen LogP contribution in [0.3, 0.4) is 0 Å². The molecular formula is C33H52O5. The zero-order valence-electron chi connectivity index (χ0n) is 25.4. The van der Waals surface area contributed by atoms with E-state index >= 15 is 0 Å².